The van der Waals surface area contributed by atoms with Crippen molar-refractivity contribution in [1.82, 2.24) is 0 Å². The third-order valence-electron chi connectivity index (χ3n) is 4.43. The van der Waals surface area contributed by atoms with E-state index >= 15 is 0 Å². The average molecular weight is 465 g/mol. The van der Waals surface area contributed by atoms with Crippen LogP contribution in [0.25, 0.3) is 0 Å². The second kappa shape index (κ2) is 6.66. The zero-order chi connectivity index (χ0) is 17.4. The molecule has 0 radical (unpaired) electrons. The first-order chi connectivity index (χ1) is 12.2. The standard InChI is InChI=1S/C19H16INO3S/c1-23-15-9-7-14(8-10-15)21-17(13-5-3-2-4-6-13)19(18(21)22)24-12-16(11-20)25-19/h2-11,17H,12H2,1H3/b16-11+/t17-,19+/m1/s1. The molecule has 2 aromatic carbocycles. The van der Waals surface area contributed by atoms with Crippen LogP contribution in [0.4, 0.5) is 5.69 Å². The van der Waals surface area contributed by atoms with E-state index in [1.807, 2.05) is 63.6 Å². The summed E-state index contributed by atoms with van der Waals surface area (Å²) in [5, 5.41) is 0. The molecule has 1 spiro atoms. The number of hydrogen-bond donors (Lipinski definition) is 0. The summed E-state index contributed by atoms with van der Waals surface area (Å²) in [7, 11) is 1.63. The van der Waals surface area contributed by atoms with Gasteiger partial charge < -0.3 is 9.47 Å². The predicted molar refractivity (Wildman–Crippen MR) is 108 cm³/mol. The van der Waals surface area contributed by atoms with Crippen molar-refractivity contribution in [3.05, 3.63) is 69.1 Å². The van der Waals surface area contributed by atoms with Crippen molar-refractivity contribution in [3.63, 3.8) is 0 Å². The van der Waals surface area contributed by atoms with E-state index in [1.165, 1.54) is 11.8 Å². The quantitative estimate of drug-likeness (QED) is 0.494. The van der Waals surface area contributed by atoms with Crippen LogP contribution in [0.5, 0.6) is 5.75 Å². The number of carbonyl (C=O) groups is 1. The van der Waals surface area contributed by atoms with Gasteiger partial charge in [0.1, 0.15) is 11.8 Å². The van der Waals surface area contributed by atoms with Gasteiger partial charge >= 0.3 is 0 Å². The molecule has 0 bridgehead atoms. The number of ether oxygens (including phenoxy) is 2. The first-order valence-corrected chi connectivity index (χ1v) is 9.90. The first kappa shape index (κ1) is 16.9. The van der Waals surface area contributed by atoms with Crippen molar-refractivity contribution in [2.45, 2.75) is 11.0 Å². The Morgan fingerprint density at radius 2 is 1.96 bits per heavy atom. The van der Waals surface area contributed by atoms with Crippen LogP contribution in [0.1, 0.15) is 11.6 Å². The highest BCUT2D eigenvalue weighted by molar-refractivity contribution is 14.1. The first-order valence-electron chi connectivity index (χ1n) is 7.84. The summed E-state index contributed by atoms with van der Waals surface area (Å²) in [6, 6.07) is 17.5. The number of carbonyl (C=O) groups excluding carboxylic acids is 1. The smallest absolute Gasteiger partial charge is 0.273 e. The molecule has 0 saturated carbocycles. The summed E-state index contributed by atoms with van der Waals surface area (Å²) in [5.41, 5.74) is 1.92. The van der Waals surface area contributed by atoms with E-state index in [0.29, 0.717) is 6.61 Å². The molecule has 0 unspecified atom stereocenters. The molecule has 2 atom stereocenters. The lowest BCUT2D eigenvalue weighted by Gasteiger charge is -2.52. The van der Waals surface area contributed by atoms with E-state index in [2.05, 4.69) is 22.6 Å². The average Bonchev–Trinajstić information content (AvgIpc) is 3.13. The lowest BCUT2D eigenvalue weighted by Crippen LogP contribution is -2.67. The van der Waals surface area contributed by atoms with Crippen LogP contribution in [0.3, 0.4) is 0 Å². The number of nitrogens with zero attached hydrogens (tertiary/aromatic N) is 1. The van der Waals surface area contributed by atoms with Gasteiger partial charge in [0.15, 0.2) is 0 Å². The largest absolute Gasteiger partial charge is 0.497 e. The Kier molecular flexibility index (Phi) is 4.51. The number of benzene rings is 2. The Morgan fingerprint density at radius 1 is 1.24 bits per heavy atom. The Bertz CT molecular complexity index is 824. The highest BCUT2D eigenvalue weighted by Crippen LogP contribution is 2.59. The molecule has 2 aromatic rings. The maximum Gasteiger partial charge on any atom is 0.273 e. The molecule has 0 aromatic heterocycles. The number of thioether (sulfide) groups is 1. The summed E-state index contributed by atoms with van der Waals surface area (Å²) >= 11 is 3.73. The summed E-state index contributed by atoms with van der Waals surface area (Å²) < 4.78 is 13.2. The normalized spacial score (nSPS) is 27.0. The fourth-order valence-corrected chi connectivity index (χ4v) is 5.01. The van der Waals surface area contributed by atoms with Gasteiger partial charge in [-0.3, -0.25) is 9.69 Å². The van der Waals surface area contributed by atoms with Crippen molar-refractivity contribution in [3.8, 4) is 5.75 Å². The molecule has 4 rings (SSSR count). The van der Waals surface area contributed by atoms with Gasteiger partial charge in [0, 0.05) is 10.6 Å². The maximum atomic E-state index is 13.1. The minimum atomic E-state index is -0.863. The van der Waals surface area contributed by atoms with E-state index in [1.54, 1.807) is 7.11 Å². The highest BCUT2D eigenvalue weighted by Gasteiger charge is 2.66. The van der Waals surface area contributed by atoms with Crippen LogP contribution >= 0.6 is 34.4 Å². The van der Waals surface area contributed by atoms with Gasteiger partial charge in [-0.1, -0.05) is 64.7 Å². The molecule has 4 nitrogen and oxygen atoms in total. The van der Waals surface area contributed by atoms with Crippen LogP contribution in [-0.4, -0.2) is 24.6 Å². The fraction of sp³-hybridized carbons (Fsp3) is 0.211. The molecule has 2 aliphatic rings. The lowest BCUT2D eigenvalue weighted by molar-refractivity contribution is -0.145. The van der Waals surface area contributed by atoms with Gasteiger partial charge in [0.25, 0.3) is 5.91 Å². The molecule has 2 heterocycles. The van der Waals surface area contributed by atoms with E-state index in [9.17, 15) is 4.79 Å². The molecular formula is C19H16INO3S. The molecule has 1 amide bonds. The lowest BCUT2D eigenvalue weighted by atomic mass is 9.89. The van der Waals surface area contributed by atoms with Crippen molar-refractivity contribution in [1.29, 1.82) is 0 Å². The second-order valence-corrected chi connectivity index (χ2v) is 7.78. The molecule has 0 aliphatic carbocycles. The SMILES string of the molecule is COc1ccc(N2C(=O)[C@]3(OC/C(=C\I)S3)[C@H]2c2ccccc2)cc1. The van der Waals surface area contributed by atoms with Crippen LogP contribution < -0.4 is 9.64 Å². The van der Waals surface area contributed by atoms with Gasteiger partial charge in [-0.25, -0.2) is 0 Å². The number of hydrogen-bond acceptors (Lipinski definition) is 4. The van der Waals surface area contributed by atoms with E-state index in [0.717, 1.165) is 21.9 Å². The van der Waals surface area contributed by atoms with Crippen LogP contribution in [0, 0.1) is 0 Å². The van der Waals surface area contributed by atoms with Gasteiger partial charge in [0.2, 0.25) is 4.93 Å². The van der Waals surface area contributed by atoms with Gasteiger partial charge in [-0.05, 0) is 33.9 Å². The Balaban J connectivity index is 1.75. The monoisotopic (exact) mass is 465 g/mol. The predicted octanol–water partition coefficient (Wildman–Crippen LogP) is 4.52. The number of anilines is 1. The van der Waals surface area contributed by atoms with E-state index in [4.69, 9.17) is 9.47 Å². The van der Waals surface area contributed by atoms with E-state index in [-0.39, 0.29) is 11.9 Å². The van der Waals surface area contributed by atoms with Crippen LogP contribution in [0.15, 0.2) is 63.6 Å². The summed E-state index contributed by atoms with van der Waals surface area (Å²) in [6.45, 7) is 0.485. The topological polar surface area (TPSA) is 38.8 Å². The minimum Gasteiger partial charge on any atom is -0.497 e. The number of rotatable bonds is 3. The summed E-state index contributed by atoms with van der Waals surface area (Å²) in [4.78, 5) is 15.1. The molecule has 0 N–H and O–H groups in total. The highest BCUT2D eigenvalue weighted by atomic mass is 127. The molecule has 2 saturated heterocycles. The van der Waals surface area contributed by atoms with Crippen molar-refractivity contribution in [2.75, 3.05) is 18.6 Å². The Morgan fingerprint density at radius 3 is 2.56 bits per heavy atom. The maximum absolute atomic E-state index is 13.1. The van der Waals surface area contributed by atoms with Crippen LogP contribution in [0.2, 0.25) is 0 Å². The number of β-lactam (4-membered cyclic amide) rings is 1. The van der Waals surface area contributed by atoms with Crippen molar-refractivity contribution < 1.29 is 14.3 Å². The summed E-state index contributed by atoms with van der Waals surface area (Å²) in [5.74, 6) is 0.758. The molecular weight excluding hydrogens is 449 g/mol. The Labute approximate surface area is 164 Å². The van der Waals surface area contributed by atoms with Crippen LogP contribution in [-0.2, 0) is 9.53 Å². The van der Waals surface area contributed by atoms with E-state index < -0.39 is 4.93 Å². The summed E-state index contributed by atoms with van der Waals surface area (Å²) in [6.07, 6.45) is 0. The van der Waals surface area contributed by atoms with Crippen molar-refractivity contribution >= 4 is 45.9 Å². The fourth-order valence-electron chi connectivity index (χ4n) is 3.24. The molecule has 6 heteroatoms. The van der Waals surface area contributed by atoms with Gasteiger partial charge in [0.05, 0.1) is 13.7 Å². The third kappa shape index (κ3) is 2.67. The zero-order valence-electron chi connectivity index (χ0n) is 13.5. The molecule has 2 fully saturated rings. The molecule has 25 heavy (non-hydrogen) atoms. The number of halogens is 1. The third-order valence-corrected chi connectivity index (χ3v) is 6.93. The second-order valence-electron chi connectivity index (χ2n) is 5.82. The number of amides is 1. The van der Waals surface area contributed by atoms with Gasteiger partial charge in [-0.2, -0.15) is 0 Å². The Hall–Kier alpha value is -1.51. The van der Waals surface area contributed by atoms with Crippen molar-refractivity contribution in [2.24, 2.45) is 0 Å². The molecule has 2 aliphatic heterocycles. The molecule has 128 valence electrons. The van der Waals surface area contributed by atoms with Gasteiger partial charge in [-0.15, -0.1) is 0 Å². The zero-order valence-corrected chi connectivity index (χ0v) is 16.5. The number of methoxy groups -OCH3 is 1. The minimum absolute atomic E-state index is 0.00947.